The second-order valence-corrected chi connectivity index (χ2v) is 9.37. The van der Waals surface area contributed by atoms with E-state index < -0.39 is 0 Å². The van der Waals surface area contributed by atoms with E-state index in [0.717, 1.165) is 50.0 Å². The van der Waals surface area contributed by atoms with Gasteiger partial charge in [0.1, 0.15) is 11.6 Å². The second kappa shape index (κ2) is 10.6. The topological polar surface area (TPSA) is 56.6 Å². The van der Waals surface area contributed by atoms with E-state index in [4.69, 9.17) is 14.6 Å². The number of aromatic nitrogens is 2. The highest BCUT2D eigenvalue weighted by atomic mass is 19.1. The zero-order valence-corrected chi connectivity index (χ0v) is 20.2. The van der Waals surface area contributed by atoms with E-state index in [-0.39, 0.29) is 23.7 Å². The predicted molar refractivity (Wildman–Crippen MR) is 131 cm³/mol. The molecule has 0 bridgehead atoms. The fourth-order valence-electron chi connectivity index (χ4n) is 4.75. The smallest absolute Gasteiger partial charge is 0.227 e. The summed E-state index contributed by atoms with van der Waals surface area (Å²) < 4.78 is 27.7. The van der Waals surface area contributed by atoms with Crippen molar-refractivity contribution >= 4 is 5.91 Å². The van der Waals surface area contributed by atoms with E-state index in [1.165, 1.54) is 12.1 Å². The molecular formula is C28H32FN3O3. The third-order valence-corrected chi connectivity index (χ3v) is 6.95. The molecule has 1 atom stereocenters. The van der Waals surface area contributed by atoms with E-state index in [0.29, 0.717) is 36.8 Å². The van der Waals surface area contributed by atoms with Gasteiger partial charge in [-0.1, -0.05) is 31.5 Å². The van der Waals surface area contributed by atoms with Crippen molar-refractivity contribution in [2.24, 2.45) is 5.92 Å². The minimum atomic E-state index is -0.309. The summed E-state index contributed by atoms with van der Waals surface area (Å²) in [4.78, 5) is 15.4. The first kappa shape index (κ1) is 23.5. The largest absolute Gasteiger partial charge is 0.439 e. The van der Waals surface area contributed by atoms with Crippen LogP contribution in [0.25, 0.3) is 5.69 Å². The molecule has 0 N–H and O–H groups in total. The zero-order valence-electron chi connectivity index (χ0n) is 20.2. The number of aryl methyl sites for hydroxylation is 1. The van der Waals surface area contributed by atoms with Crippen LogP contribution in [0.2, 0.25) is 0 Å². The maximum Gasteiger partial charge on any atom is 0.227 e. The number of para-hydroxylation sites is 1. The quantitative estimate of drug-likeness (QED) is 0.398. The van der Waals surface area contributed by atoms with Crippen LogP contribution in [-0.4, -0.2) is 39.8 Å². The second-order valence-electron chi connectivity index (χ2n) is 9.37. The van der Waals surface area contributed by atoms with Crippen LogP contribution >= 0.6 is 0 Å². The molecular weight excluding hydrogens is 445 g/mol. The minimum Gasteiger partial charge on any atom is -0.439 e. The van der Waals surface area contributed by atoms with Crippen LogP contribution in [0, 0.1) is 11.7 Å². The lowest BCUT2D eigenvalue weighted by atomic mass is 9.84. The normalized spacial score (nSPS) is 17.8. The summed E-state index contributed by atoms with van der Waals surface area (Å²) in [7, 11) is 0. The molecule has 1 amide bonds. The van der Waals surface area contributed by atoms with Crippen LogP contribution in [0.3, 0.4) is 0 Å². The first-order valence-electron chi connectivity index (χ1n) is 12.6. The zero-order chi connectivity index (χ0) is 24.2. The third kappa shape index (κ3) is 5.25. The van der Waals surface area contributed by atoms with Crippen LogP contribution in [0.15, 0.2) is 54.6 Å². The Balaban J connectivity index is 1.54. The number of carbonyl (C=O) groups excluding carboxylic acids is 1. The number of benzene rings is 2. The molecule has 1 aliphatic carbocycles. The Morgan fingerprint density at radius 3 is 2.51 bits per heavy atom. The van der Waals surface area contributed by atoms with Gasteiger partial charge in [0.2, 0.25) is 11.8 Å². The number of hydrogen-bond acceptors (Lipinski definition) is 4. The van der Waals surface area contributed by atoms with Crippen LogP contribution in [0.5, 0.6) is 11.6 Å². The molecule has 184 valence electrons. The molecule has 2 aliphatic rings. The van der Waals surface area contributed by atoms with E-state index in [2.05, 4.69) is 0 Å². The molecule has 3 aromatic rings. The van der Waals surface area contributed by atoms with Gasteiger partial charge in [-0.25, -0.2) is 9.07 Å². The maximum absolute atomic E-state index is 13.7. The van der Waals surface area contributed by atoms with Crippen molar-refractivity contribution in [3.05, 3.63) is 71.7 Å². The van der Waals surface area contributed by atoms with E-state index in [1.54, 1.807) is 16.8 Å². The Morgan fingerprint density at radius 2 is 1.89 bits per heavy atom. The molecule has 0 radical (unpaired) electrons. The van der Waals surface area contributed by atoms with Crippen LogP contribution in [0.1, 0.15) is 50.3 Å². The number of nitrogens with zero attached hydrogens (tertiary/aromatic N) is 3. The lowest BCUT2D eigenvalue weighted by Gasteiger charge is -2.33. The van der Waals surface area contributed by atoms with Gasteiger partial charge in [-0.2, -0.15) is 5.10 Å². The first-order chi connectivity index (χ1) is 17.1. The van der Waals surface area contributed by atoms with Crippen molar-refractivity contribution in [1.82, 2.24) is 14.7 Å². The van der Waals surface area contributed by atoms with Gasteiger partial charge in [-0.3, -0.25) is 4.79 Å². The molecule has 0 spiro atoms. The van der Waals surface area contributed by atoms with Crippen molar-refractivity contribution < 1.29 is 18.7 Å². The van der Waals surface area contributed by atoms with E-state index in [9.17, 15) is 9.18 Å². The molecule has 2 aromatic carbocycles. The molecule has 2 fully saturated rings. The van der Waals surface area contributed by atoms with Gasteiger partial charge < -0.3 is 14.4 Å². The lowest BCUT2D eigenvalue weighted by molar-refractivity contribution is -0.140. The average molecular weight is 478 g/mol. The van der Waals surface area contributed by atoms with Crippen molar-refractivity contribution in [3.63, 3.8) is 0 Å². The van der Waals surface area contributed by atoms with Gasteiger partial charge in [0.15, 0.2) is 0 Å². The maximum atomic E-state index is 13.7. The van der Waals surface area contributed by atoms with Crippen molar-refractivity contribution in [2.75, 3.05) is 13.2 Å². The number of rotatable bonds is 9. The summed E-state index contributed by atoms with van der Waals surface area (Å²) in [5, 5.41) is 4.85. The summed E-state index contributed by atoms with van der Waals surface area (Å²) in [6.45, 7) is 3.78. The standard InChI is InChI=1S/C28H32FN3O3/c1-2-26-25(19-31(18-24-12-7-17-34-24)27(33)20-8-6-9-20)28(35-23-10-4-3-5-11-23)32(30-26)22-15-13-21(29)14-16-22/h3-5,10-11,13-16,20,24H,2,6-9,12,17-19H2,1H3/t24-/m0/s1. The van der Waals surface area contributed by atoms with Crippen LogP contribution in [-0.2, 0) is 22.5 Å². The van der Waals surface area contributed by atoms with Gasteiger partial charge >= 0.3 is 0 Å². The summed E-state index contributed by atoms with van der Waals surface area (Å²) in [5.74, 6) is 1.20. The van der Waals surface area contributed by atoms with Gasteiger partial charge in [0.05, 0.1) is 29.6 Å². The van der Waals surface area contributed by atoms with Crippen molar-refractivity contribution in [1.29, 1.82) is 0 Å². The molecule has 1 aliphatic heterocycles. The molecule has 35 heavy (non-hydrogen) atoms. The van der Waals surface area contributed by atoms with Crippen LogP contribution < -0.4 is 4.74 Å². The van der Waals surface area contributed by atoms with Crippen molar-refractivity contribution in [2.45, 2.75) is 58.1 Å². The monoisotopic (exact) mass is 477 g/mol. The SMILES string of the molecule is CCc1nn(-c2ccc(F)cc2)c(Oc2ccccc2)c1CN(C[C@@H]1CCCO1)C(=O)C1CCC1. The van der Waals surface area contributed by atoms with Gasteiger partial charge in [0.25, 0.3) is 0 Å². The van der Waals surface area contributed by atoms with Gasteiger partial charge in [-0.05, 0) is 68.5 Å². The molecule has 5 rings (SSSR count). The molecule has 2 heterocycles. The molecule has 6 nitrogen and oxygen atoms in total. The number of amides is 1. The summed E-state index contributed by atoms with van der Waals surface area (Å²) in [6.07, 6.45) is 5.75. The fraction of sp³-hybridized carbons (Fsp3) is 0.429. The number of ether oxygens (including phenoxy) is 2. The third-order valence-electron chi connectivity index (χ3n) is 6.95. The summed E-state index contributed by atoms with van der Waals surface area (Å²) >= 11 is 0. The highest BCUT2D eigenvalue weighted by molar-refractivity contribution is 5.79. The number of carbonyl (C=O) groups is 1. The Morgan fingerprint density at radius 1 is 1.11 bits per heavy atom. The molecule has 0 unspecified atom stereocenters. The molecule has 1 aromatic heterocycles. The number of halogens is 1. The lowest BCUT2D eigenvalue weighted by Crippen LogP contribution is -2.42. The summed E-state index contributed by atoms with van der Waals surface area (Å²) in [5.41, 5.74) is 2.44. The van der Waals surface area contributed by atoms with E-state index in [1.807, 2.05) is 42.2 Å². The Bertz CT molecular complexity index is 1140. The predicted octanol–water partition coefficient (Wildman–Crippen LogP) is 5.67. The van der Waals surface area contributed by atoms with Crippen molar-refractivity contribution in [3.8, 4) is 17.3 Å². The van der Waals surface area contributed by atoms with Gasteiger partial charge in [0, 0.05) is 19.1 Å². The average Bonchev–Trinajstić information content (AvgIpc) is 3.47. The molecule has 1 saturated heterocycles. The molecule has 1 saturated carbocycles. The highest BCUT2D eigenvalue weighted by Crippen LogP contribution is 2.34. The Hall–Kier alpha value is -3.19. The highest BCUT2D eigenvalue weighted by Gasteiger charge is 2.33. The van der Waals surface area contributed by atoms with E-state index >= 15 is 0 Å². The number of hydrogen-bond donors (Lipinski definition) is 0. The fourth-order valence-corrected chi connectivity index (χ4v) is 4.75. The van der Waals surface area contributed by atoms with Gasteiger partial charge in [-0.15, -0.1) is 0 Å². The Kier molecular flexibility index (Phi) is 7.13. The van der Waals surface area contributed by atoms with Crippen LogP contribution in [0.4, 0.5) is 4.39 Å². The minimum absolute atomic E-state index is 0.0646. The Labute approximate surface area is 205 Å². The first-order valence-corrected chi connectivity index (χ1v) is 12.6. The molecule has 7 heteroatoms. The summed E-state index contributed by atoms with van der Waals surface area (Å²) in [6, 6.07) is 15.7.